The van der Waals surface area contributed by atoms with Crippen molar-refractivity contribution in [3.63, 3.8) is 0 Å². The van der Waals surface area contributed by atoms with Gasteiger partial charge in [0.25, 0.3) is 5.91 Å². The van der Waals surface area contributed by atoms with E-state index in [-0.39, 0.29) is 5.91 Å². The second-order valence-electron chi connectivity index (χ2n) is 6.51. The molecule has 0 unspecified atom stereocenters. The number of methoxy groups -OCH3 is 3. The number of fused-ring (bicyclic) bond motifs is 1. The zero-order valence-electron chi connectivity index (χ0n) is 16.5. The van der Waals surface area contributed by atoms with Gasteiger partial charge in [0.1, 0.15) is 17.8 Å². The molecule has 1 aromatic heterocycles. The summed E-state index contributed by atoms with van der Waals surface area (Å²) < 4.78 is 15.8. The highest BCUT2D eigenvalue weighted by Gasteiger charge is 2.21. The molecule has 1 aliphatic rings. The van der Waals surface area contributed by atoms with Gasteiger partial charge >= 0.3 is 0 Å². The Hall–Kier alpha value is -2.87. The van der Waals surface area contributed by atoms with Crippen LogP contribution in [0.3, 0.4) is 0 Å². The first-order valence-corrected chi connectivity index (χ1v) is 9.24. The molecule has 1 aliphatic heterocycles. The monoisotopic (exact) mass is 386 g/mol. The second kappa shape index (κ2) is 9.36. The Balaban J connectivity index is 1.72. The van der Waals surface area contributed by atoms with Crippen LogP contribution < -0.4 is 19.7 Å². The van der Waals surface area contributed by atoms with E-state index in [1.54, 1.807) is 27.4 Å². The molecule has 28 heavy (non-hydrogen) atoms. The van der Waals surface area contributed by atoms with E-state index in [1.165, 1.54) is 11.9 Å². The van der Waals surface area contributed by atoms with E-state index >= 15 is 0 Å². The Bertz CT molecular complexity index is 828. The van der Waals surface area contributed by atoms with E-state index < -0.39 is 0 Å². The molecule has 8 nitrogen and oxygen atoms in total. The fraction of sp³-hybridized carbons (Fsp3) is 0.450. The van der Waals surface area contributed by atoms with Gasteiger partial charge in [-0.25, -0.2) is 9.97 Å². The molecular weight excluding hydrogens is 360 g/mol. The van der Waals surface area contributed by atoms with E-state index in [2.05, 4.69) is 20.2 Å². The van der Waals surface area contributed by atoms with Crippen LogP contribution in [-0.2, 0) is 17.7 Å². The maximum Gasteiger partial charge on any atom is 0.270 e. The van der Waals surface area contributed by atoms with Crippen molar-refractivity contribution in [2.45, 2.75) is 19.4 Å². The third-order valence-electron chi connectivity index (χ3n) is 4.74. The fourth-order valence-electron chi connectivity index (χ4n) is 3.23. The number of amides is 1. The Morgan fingerprint density at radius 3 is 2.57 bits per heavy atom. The predicted molar refractivity (Wildman–Crippen MR) is 105 cm³/mol. The van der Waals surface area contributed by atoms with Gasteiger partial charge in [-0.15, -0.1) is 0 Å². The minimum atomic E-state index is -0.205. The molecule has 2 heterocycles. The lowest BCUT2D eigenvalue weighted by Gasteiger charge is -2.30. The summed E-state index contributed by atoms with van der Waals surface area (Å²) in [5, 5.41) is 2.85. The average Bonchev–Trinajstić information content (AvgIpc) is 2.75. The van der Waals surface area contributed by atoms with Gasteiger partial charge in [-0.05, 0) is 36.1 Å². The van der Waals surface area contributed by atoms with Crippen LogP contribution in [0.1, 0.15) is 28.0 Å². The van der Waals surface area contributed by atoms with E-state index in [9.17, 15) is 4.79 Å². The van der Waals surface area contributed by atoms with Gasteiger partial charge in [0.05, 0.1) is 14.2 Å². The maximum atomic E-state index is 12.3. The van der Waals surface area contributed by atoms with Crippen molar-refractivity contribution in [2.24, 2.45) is 0 Å². The molecule has 0 spiro atoms. The number of aromatic nitrogens is 2. The average molecular weight is 386 g/mol. The molecule has 0 fully saturated rings. The van der Waals surface area contributed by atoms with Gasteiger partial charge < -0.3 is 24.4 Å². The van der Waals surface area contributed by atoms with E-state index in [1.807, 2.05) is 12.1 Å². The number of rotatable bonds is 8. The SMILES string of the molecule is COCCCNC(=O)c1cc(N2CCc3cc(OC)c(OC)cc3C2)ncn1. The second-order valence-corrected chi connectivity index (χ2v) is 6.51. The lowest BCUT2D eigenvalue weighted by Crippen LogP contribution is -2.32. The number of hydrogen-bond donors (Lipinski definition) is 1. The van der Waals surface area contributed by atoms with Crippen molar-refractivity contribution in [3.05, 3.63) is 41.3 Å². The standard InChI is InChI=1S/C20H26N4O4/c1-26-8-4-6-21-20(25)16-11-19(23-13-22-16)24-7-5-14-9-17(27-2)18(28-3)10-15(14)12-24/h9-11,13H,4-8,12H2,1-3H3,(H,21,25). The van der Waals surface area contributed by atoms with Crippen LogP contribution in [0, 0.1) is 0 Å². The predicted octanol–water partition coefficient (Wildman–Crippen LogP) is 1.82. The van der Waals surface area contributed by atoms with Crippen molar-refractivity contribution in [2.75, 3.05) is 45.9 Å². The molecule has 3 rings (SSSR count). The van der Waals surface area contributed by atoms with Gasteiger partial charge in [-0.1, -0.05) is 0 Å². The molecule has 2 aromatic rings. The number of nitrogens with zero attached hydrogens (tertiary/aromatic N) is 3. The lowest BCUT2D eigenvalue weighted by molar-refractivity contribution is 0.0943. The van der Waals surface area contributed by atoms with Gasteiger partial charge in [0.2, 0.25) is 0 Å². The highest BCUT2D eigenvalue weighted by atomic mass is 16.5. The van der Waals surface area contributed by atoms with E-state index in [4.69, 9.17) is 14.2 Å². The van der Waals surface area contributed by atoms with Crippen LogP contribution in [0.4, 0.5) is 5.82 Å². The Morgan fingerprint density at radius 2 is 1.86 bits per heavy atom. The molecule has 0 saturated carbocycles. The van der Waals surface area contributed by atoms with Crippen molar-refractivity contribution in [1.29, 1.82) is 0 Å². The smallest absolute Gasteiger partial charge is 0.270 e. The highest BCUT2D eigenvalue weighted by molar-refractivity contribution is 5.92. The number of nitrogens with one attached hydrogen (secondary N) is 1. The number of benzene rings is 1. The third kappa shape index (κ3) is 4.51. The van der Waals surface area contributed by atoms with Crippen LogP contribution >= 0.6 is 0 Å². The molecule has 0 radical (unpaired) electrons. The minimum Gasteiger partial charge on any atom is -0.493 e. The minimum absolute atomic E-state index is 0.205. The van der Waals surface area contributed by atoms with Crippen molar-refractivity contribution < 1.29 is 19.0 Å². The lowest BCUT2D eigenvalue weighted by atomic mass is 9.99. The quantitative estimate of drug-likeness (QED) is 0.693. The van der Waals surface area contributed by atoms with Crippen LogP contribution in [0.5, 0.6) is 11.5 Å². The maximum absolute atomic E-state index is 12.3. The normalized spacial score (nSPS) is 13.0. The van der Waals surface area contributed by atoms with Crippen molar-refractivity contribution in [1.82, 2.24) is 15.3 Å². The summed E-state index contributed by atoms with van der Waals surface area (Å²) in [6, 6.07) is 5.77. The summed E-state index contributed by atoms with van der Waals surface area (Å²) in [4.78, 5) is 22.9. The summed E-state index contributed by atoms with van der Waals surface area (Å²) in [5.74, 6) is 1.98. The Kier molecular flexibility index (Phi) is 6.65. The van der Waals surface area contributed by atoms with Crippen molar-refractivity contribution >= 4 is 11.7 Å². The zero-order chi connectivity index (χ0) is 19.9. The summed E-state index contributed by atoms with van der Waals surface area (Å²) in [6.07, 6.45) is 3.05. The van der Waals surface area contributed by atoms with E-state index in [0.29, 0.717) is 31.1 Å². The number of ether oxygens (including phenoxy) is 3. The number of carbonyl (C=O) groups is 1. The van der Waals surface area contributed by atoms with Gasteiger partial charge in [-0.2, -0.15) is 0 Å². The topological polar surface area (TPSA) is 85.8 Å². The van der Waals surface area contributed by atoms with E-state index in [0.717, 1.165) is 36.5 Å². The number of hydrogen-bond acceptors (Lipinski definition) is 7. The van der Waals surface area contributed by atoms with Crippen LogP contribution in [-0.4, -0.2) is 56.9 Å². The molecule has 0 saturated heterocycles. The number of anilines is 1. The first kappa shape index (κ1) is 19.9. The van der Waals surface area contributed by atoms with Crippen molar-refractivity contribution in [3.8, 4) is 11.5 Å². The van der Waals surface area contributed by atoms with Crippen LogP contribution in [0.15, 0.2) is 24.5 Å². The molecule has 150 valence electrons. The molecule has 8 heteroatoms. The molecule has 0 bridgehead atoms. The highest BCUT2D eigenvalue weighted by Crippen LogP contribution is 2.34. The zero-order valence-corrected chi connectivity index (χ0v) is 16.5. The molecule has 1 aromatic carbocycles. The summed E-state index contributed by atoms with van der Waals surface area (Å²) in [6.45, 7) is 2.64. The molecule has 0 atom stereocenters. The van der Waals surface area contributed by atoms with Gasteiger partial charge in [0, 0.05) is 39.4 Å². The molecule has 1 N–H and O–H groups in total. The molecule has 1 amide bonds. The fourth-order valence-corrected chi connectivity index (χ4v) is 3.23. The Labute approximate surface area is 164 Å². The first-order valence-electron chi connectivity index (χ1n) is 9.24. The number of carbonyl (C=O) groups excluding carboxylic acids is 1. The summed E-state index contributed by atoms with van der Waals surface area (Å²) >= 11 is 0. The Morgan fingerprint density at radius 1 is 1.11 bits per heavy atom. The third-order valence-corrected chi connectivity index (χ3v) is 4.74. The van der Waals surface area contributed by atoms with Gasteiger partial charge in [0.15, 0.2) is 11.5 Å². The first-order chi connectivity index (χ1) is 13.7. The summed E-state index contributed by atoms with van der Waals surface area (Å²) in [5.41, 5.74) is 2.76. The van der Waals surface area contributed by atoms with Crippen LogP contribution in [0.25, 0.3) is 0 Å². The largest absolute Gasteiger partial charge is 0.493 e. The molecule has 0 aliphatic carbocycles. The van der Waals surface area contributed by atoms with Gasteiger partial charge in [-0.3, -0.25) is 4.79 Å². The molecular formula is C20H26N4O4. The summed E-state index contributed by atoms with van der Waals surface area (Å²) in [7, 11) is 4.91. The van der Waals surface area contributed by atoms with Crippen LogP contribution in [0.2, 0.25) is 0 Å².